The monoisotopic (exact) mass is 336 g/mol. The molecular weight excluding hydrogens is 316 g/mol. The van der Waals surface area contributed by atoms with Gasteiger partial charge in [-0.25, -0.2) is 5.48 Å². The van der Waals surface area contributed by atoms with Crippen LogP contribution in [0.5, 0.6) is 0 Å². The Morgan fingerprint density at radius 3 is 2.12 bits per heavy atom. The third-order valence-corrected chi connectivity index (χ3v) is 4.04. The summed E-state index contributed by atoms with van der Waals surface area (Å²) < 4.78 is 0. The van der Waals surface area contributed by atoms with Crippen molar-refractivity contribution in [3.05, 3.63) is 66.0 Å². The molecule has 0 radical (unpaired) electrons. The predicted molar refractivity (Wildman–Crippen MR) is 96.7 cm³/mol. The highest BCUT2D eigenvalue weighted by Crippen LogP contribution is 2.15. The number of nitrogens with one attached hydrogen (secondary N) is 1. The van der Waals surface area contributed by atoms with E-state index in [4.69, 9.17) is 10.0 Å². The summed E-state index contributed by atoms with van der Waals surface area (Å²) in [7, 11) is 0. The number of carbonyl (C=O) groups is 1. The maximum absolute atomic E-state index is 11.0. The zero-order valence-corrected chi connectivity index (χ0v) is 13.8. The maximum Gasteiger partial charge on any atom is 0.243 e. The smallest absolute Gasteiger partial charge is 0.243 e. The fourth-order valence-corrected chi connectivity index (χ4v) is 2.76. The van der Waals surface area contributed by atoms with E-state index in [1.54, 1.807) is 5.48 Å². The van der Waals surface area contributed by atoms with Crippen LogP contribution in [-0.2, 0) is 9.63 Å². The molecule has 3 aromatic carbocycles. The lowest BCUT2D eigenvalue weighted by molar-refractivity contribution is -0.129. The van der Waals surface area contributed by atoms with E-state index in [1.807, 2.05) is 36.4 Å². The average molecular weight is 336 g/mol. The molecule has 1 amide bonds. The lowest BCUT2D eigenvalue weighted by Gasteiger charge is -2.01. The van der Waals surface area contributed by atoms with Crippen molar-refractivity contribution < 1.29 is 14.8 Å². The molecule has 2 N–H and O–H groups in total. The average Bonchev–Trinajstić information content (AvgIpc) is 2.81. The zero-order chi connectivity index (χ0) is 17.5. The Labute approximate surface area is 145 Å². The van der Waals surface area contributed by atoms with Crippen LogP contribution in [0.3, 0.4) is 0 Å². The molecule has 128 valence electrons. The van der Waals surface area contributed by atoms with E-state index >= 15 is 0 Å². The quantitative estimate of drug-likeness (QED) is 0.411. The molecule has 0 saturated carbocycles. The second-order valence-electron chi connectivity index (χ2n) is 5.77. The highest BCUT2D eigenvalue weighted by atomic mass is 16.6. The Kier molecular flexibility index (Phi) is 5.59. The van der Waals surface area contributed by atoms with Crippen LogP contribution in [0.2, 0.25) is 0 Å². The zero-order valence-electron chi connectivity index (χ0n) is 13.8. The normalized spacial score (nSPS) is 10.6. The number of fused-ring (bicyclic) bond motifs is 2. The van der Waals surface area contributed by atoms with Crippen molar-refractivity contribution in [3.8, 4) is 0 Å². The van der Waals surface area contributed by atoms with Crippen LogP contribution in [0.25, 0.3) is 21.5 Å². The summed E-state index contributed by atoms with van der Waals surface area (Å²) in [5, 5.41) is 17.9. The molecule has 0 aliphatic rings. The van der Waals surface area contributed by atoms with Gasteiger partial charge in [-0.2, -0.15) is 0 Å². The number of hydroxylamine groups is 1. The molecule has 0 saturated heterocycles. The van der Waals surface area contributed by atoms with E-state index in [0.29, 0.717) is 19.4 Å². The molecular formula is C20H20N2O3. The predicted octanol–water partition coefficient (Wildman–Crippen LogP) is 3.50. The Hall–Kier alpha value is -2.92. The summed E-state index contributed by atoms with van der Waals surface area (Å²) >= 11 is 0. The number of hydrogen-bond donors (Lipinski definition) is 2. The van der Waals surface area contributed by atoms with Gasteiger partial charge in [-0.3, -0.25) is 10.0 Å². The fraction of sp³-hybridized carbons (Fsp3) is 0.200. The van der Waals surface area contributed by atoms with Gasteiger partial charge in [0.25, 0.3) is 0 Å². The minimum atomic E-state index is -0.385. The SMILES string of the molecule is O=C(CCCCON=c1c2ccccc2ccc2ccccc12)NO. The van der Waals surface area contributed by atoms with Gasteiger partial charge in [0.15, 0.2) is 0 Å². The van der Waals surface area contributed by atoms with Crippen molar-refractivity contribution in [3.63, 3.8) is 0 Å². The van der Waals surface area contributed by atoms with Crippen LogP contribution in [0.15, 0.2) is 65.8 Å². The molecule has 5 nitrogen and oxygen atoms in total. The molecule has 0 spiro atoms. The first-order chi connectivity index (χ1) is 12.3. The Balaban J connectivity index is 1.89. The van der Waals surface area contributed by atoms with E-state index < -0.39 is 0 Å². The minimum absolute atomic E-state index is 0.270. The molecule has 0 aliphatic heterocycles. The topological polar surface area (TPSA) is 70.9 Å². The first-order valence-corrected chi connectivity index (χ1v) is 8.29. The molecule has 25 heavy (non-hydrogen) atoms. The van der Waals surface area contributed by atoms with Gasteiger partial charge in [0.2, 0.25) is 5.91 Å². The maximum atomic E-state index is 11.0. The summed E-state index contributed by atoms with van der Waals surface area (Å²) in [5.74, 6) is -0.385. The Bertz CT molecular complexity index is 892. The molecule has 0 unspecified atom stereocenters. The van der Waals surface area contributed by atoms with Crippen LogP contribution < -0.4 is 10.8 Å². The Morgan fingerprint density at radius 2 is 1.52 bits per heavy atom. The van der Waals surface area contributed by atoms with Crippen LogP contribution in [0.4, 0.5) is 0 Å². The van der Waals surface area contributed by atoms with Gasteiger partial charge >= 0.3 is 0 Å². The van der Waals surface area contributed by atoms with Crippen LogP contribution in [0.1, 0.15) is 19.3 Å². The highest BCUT2D eigenvalue weighted by Gasteiger charge is 2.01. The summed E-state index contributed by atoms with van der Waals surface area (Å²) in [6, 6.07) is 20.3. The summed E-state index contributed by atoms with van der Waals surface area (Å²) in [6.45, 7) is 0.417. The first-order valence-electron chi connectivity index (χ1n) is 8.29. The number of nitrogens with zero attached hydrogens (tertiary/aromatic N) is 1. The molecule has 3 aromatic rings. The van der Waals surface area contributed by atoms with Gasteiger partial charge in [0.1, 0.15) is 12.0 Å². The van der Waals surface area contributed by atoms with Crippen molar-refractivity contribution in [1.29, 1.82) is 0 Å². The van der Waals surface area contributed by atoms with Crippen molar-refractivity contribution in [1.82, 2.24) is 5.48 Å². The van der Waals surface area contributed by atoms with E-state index in [2.05, 4.69) is 29.4 Å². The summed E-state index contributed by atoms with van der Waals surface area (Å²) in [6.07, 6.45) is 1.59. The number of benzene rings is 2. The third-order valence-electron chi connectivity index (χ3n) is 4.04. The molecule has 0 bridgehead atoms. The lowest BCUT2D eigenvalue weighted by Crippen LogP contribution is -2.17. The van der Waals surface area contributed by atoms with Gasteiger partial charge in [-0.15, -0.1) is 0 Å². The number of hydrogen-bond acceptors (Lipinski definition) is 4. The van der Waals surface area contributed by atoms with Gasteiger partial charge in [0.05, 0.1) is 0 Å². The number of unbranched alkanes of at least 4 members (excludes halogenated alkanes) is 1. The lowest BCUT2D eigenvalue weighted by atomic mass is 10.1. The summed E-state index contributed by atoms with van der Waals surface area (Å²) in [4.78, 5) is 16.5. The van der Waals surface area contributed by atoms with Crippen molar-refractivity contribution in [2.75, 3.05) is 6.61 Å². The standard InChI is InChI=1S/C20H20N2O3/c23-19(21-24)11-5-6-14-25-22-20-17-9-3-1-7-15(17)12-13-16-8-2-4-10-18(16)20/h1-4,7-10,12-13,24H,5-6,11,14H2,(H,21,23). The van der Waals surface area contributed by atoms with E-state index in [0.717, 1.165) is 26.9 Å². The fourth-order valence-electron chi connectivity index (χ4n) is 2.76. The first kappa shape index (κ1) is 16.9. The van der Waals surface area contributed by atoms with Crippen LogP contribution in [-0.4, -0.2) is 17.7 Å². The van der Waals surface area contributed by atoms with E-state index in [9.17, 15) is 4.79 Å². The van der Waals surface area contributed by atoms with E-state index in [1.165, 1.54) is 0 Å². The van der Waals surface area contributed by atoms with Gasteiger partial charge < -0.3 is 4.84 Å². The second kappa shape index (κ2) is 8.26. The van der Waals surface area contributed by atoms with Gasteiger partial charge in [0, 0.05) is 17.2 Å². The molecule has 5 heteroatoms. The minimum Gasteiger partial charge on any atom is -0.395 e. The van der Waals surface area contributed by atoms with Gasteiger partial charge in [-0.1, -0.05) is 65.8 Å². The second-order valence-corrected chi connectivity index (χ2v) is 5.77. The number of rotatable bonds is 6. The molecule has 0 heterocycles. The van der Waals surface area contributed by atoms with E-state index in [-0.39, 0.29) is 12.3 Å². The Morgan fingerprint density at radius 1 is 0.920 bits per heavy atom. The van der Waals surface area contributed by atoms with Crippen molar-refractivity contribution in [2.45, 2.75) is 19.3 Å². The molecule has 0 atom stereocenters. The van der Waals surface area contributed by atoms with Crippen LogP contribution >= 0.6 is 0 Å². The molecule has 0 fully saturated rings. The number of carbonyl (C=O) groups excluding carboxylic acids is 1. The molecule has 3 rings (SSSR count). The van der Waals surface area contributed by atoms with Crippen molar-refractivity contribution >= 4 is 27.5 Å². The third kappa shape index (κ3) is 4.14. The summed E-state index contributed by atoms with van der Waals surface area (Å²) in [5.41, 5.74) is 1.62. The highest BCUT2D eigenvalue weighted by molar-refractivity contribution is 5.92. The van der Waals surface area contributed by atoms with Crippen molar-refractivity contribution in [2.24, 2.45) is 5.16 Å². The molecule has 0 aliphatic carbocycles. The number of amides is 1. The van der Waals surface area contributed by atoms with Crippen LogP contribution in [0, 0.1) is 0 Å². The molecule has 0 aromatic heterocycles. The largest absolute Gasteiger partial charge is 0.395 e. The van der Waals surface area contributed by atoms with Gasteiger partial charge in [-0.05, 0) is 23.6 Å².